The van der Waals surface area contributed by atoms with Gasteiger partial charge in [0.15, 0.2) is 0 Å². The molecular weight excluding hydrogens is 230 g/mol. The minimum atomic E-state index is -0.523. The van der Waals surface area contributed by atoms with Gasteiger partial charge in [0.05, 0.1) is 5.69 Å². The highest BCUT2D eigenvalue weighted by Gasteiger charge is 2.24. The molecule has 0 radical (unpaired) electrons. The van der Waals surface area contributed by atoms with Crippen LogP contribution in [-0.2, 0) is 0 Å². The van der Waals surface area contributed by atoms with E-state index in [0.717, 1.165) is 4.60 Å². The highest BCUT2D eigenvalue weighted by molar-refractivity contribution is 9.10. The lowest BCUT2D eigenvalue weighted by atomic mass is 9.87. The third kappa shape index (κ3) is 2.78. The molecular formula is C10H14BrNO. The first-order valence-electron chi connectivity index (χ1n) is 4.22. The Morgan fingerprint density at radius 3 is 2.46 bits per heavy atom. The number of hydrogen-bond donors (Lipinski definition) is 1. The Morgan fingerprint density at radius 1 is 1.38 bits per heavy atom. The van der Waals surface area contributed by atoms with Gasteiger partial charge in [0.2, 0.25) is 0 Å². The predicted molar refractivity (Wildman–Crippen MR) is 56.4 cm³/mol. The Labute approximate surface area is 87.1 Å². The van der Waals surface area contributed by atoms with E-state index in [1.807, 2.05) is 39.0 Å². The third-order valence-electron chi connectivity index (χ3n) is 1.84. The molecule has 2 nitrogen and oxygen atoms in total. The summed E-state index contributed by atoms with van der Waals surface area (Å²) >= 11 is 3.27. The molecule has 0 aliphatic rings. The van der Waals surface area contributed by atoms with Crippen molar-refractivity contribution in [1.82, 2.24) is 4.98 Å². The summed E-state index contributed by atoms with van der Waals surface area (Å²) in [7, 11) is 0. The van der Waals surface area contributed by atoms with Crippen LogP contribution in [0.15, 0.2) is 22.8 Å². The number of halogens is 1. The van der Waals surface area contributed by atoms with Gasteiger partial charge in [-0.2, -0.15) is 0 Å². The van der Waals surface area contributed by atoms with Gasteiger partial charge in [-0.15, -0.1) is 0 Å². The molecule has 0 amide bonds. The van der Waals surface area contributed by atoms with Crippen molar-refractivity contribution < 1.29 is 5.11 Å². The van der Waals surface area contributed by atoms with Crippen LogP contribution in [0.5, 0.6) is 0 Å². The highest BCUT2D eigenvalue weighted by Crippen LogP contribution is 2.31. The van der Waals surface area contributed by atoms with E-state index in [1.165, 1.54) is 0 Å². The van der Waals surface area contributed by atoms with Crippen molar-refractivity contribution >= 4 is 15.9 Å². The number of aliphatic hydroxyl groups is 1. The summed E-state index contributed by atoms with van der Waals surface area (Å²) in [6, 6.07) is 5.56. The minimum absolute atomic E-state index is 0.173. The Morgan fingerprint density at radius 2 is 2.00 bits per heavy atom. The van der Waals surface area contributed by atoms with Gasteiger partial charge < -0.3 is 5.11 Å². The predicted octanol–water partition coefficient (Wildman–Crippen LogP) is 2.92. The van der Waals surface area contributed by atoms with Crippen molar-refractivity contribution in [1.29, 1.82) is 0 Å². The molecule has 0 aromatic carbocycles. The number of aliphatic hydroxyl groups excluding tert-OH is 1. The smallest absolute Gasteiger partial charge is 0.106 e. The van der Waals surface area contributed by atoms with Crippen LogP contribution in [0, 0.1) is 5.41 Å². The lowest BCUT2D eigenvalue weighted by Crippen LogP contribution is -2.18. The summed E-state index contributed by atoms with van der Waals surface area (Å²) in [5.41, 5.74) is 0.537. The molecule has 3 heteroatoms. The standard InChI is InChI=1S/C10H14BrNO/c1-10(2,3)9(13)7-5-4-6-8(11)12-7/h4-6,9,13H,1-3H3. The van der Waals surface area contributed by atoms with E-state index in [1.54, 1.807) is 0 Å². The first kappa shape index (κ1) is 10.7. The molecule has 1 unspecified atom stereocenters. The zero-order valence-corrected chi connectivity index (χ0v) is 9.67. The van der Waals surface area contributed by atoms with Crippen LogP contribution >= 0.6 is 15.9 Å². The van der Waals surface area contributed by atoms with Gasteiger partial charge in [-0.3, -0.25) is 0 Å². The molecule has 0 bridgehead atoms. The van der Waals surface area contributed by atoms with Crippen LogP contribution < -0.4 is 0 Å². The Balaban J connectivity index is 2.96. The normalized spacial score (nSPS) is 14.2. The Bertz CT molecular complexity index is 293. The second kappa shape index (κ2) is 3.76. The number of hydrogen-bond acceptors (Lipinski definition) is 2. The van der Waals surface area contributed by atoms with Gasteiger partial charge in [-0.25, -0.2) is 4.98 Å². The molecule has 13 heavy (non-hydrogen) atoms. The van der Waals surface area contributed by atoms with Crippen LogP contribution in [0.3, 0.4) is 0 Å². The molecule has 0 saturated carbocycles. The quantitative estimate of drug-likeness (QED) is 0.770. The SMILES string of the molecule is CC(C)(C)C(O)c1cccc(Br)n1. The molecule has 72 valence electrons. The summed E-state index contributed by atoms with van der Waals surface area (Å²) in [6.07, 6.45) is -0.523. The van der Waals surface area contributed by atoms with Crippen molar-refractivity contribution in [3.05, 3.63) is 28.5 Å². The maximum Gasteiger partial charge on any atom is 0.106 e. The fourth-order valence-corrected chi connectivity index (χ4v) is 1.38. The Kier molecular flexibility index (Phi) is 3.09. The topological polar surface area (TPSA) is 33.1 Å². The van der Waals surface area contributed by atoms with Crippen LogP contribution in [0.2, 0.25) is 0 Å². The summed E-state index contributed by atoms with van der Waals surface area (Å²) < 4.78 is 0.758. The highest BCUT2D eigenvalue weighted by atomic mass is 79.9. The van der Waals surface area contributed by atoms with Gasteiger partial charge >= 0.3 is 0 Å². The van der Waals surface area contributed by atoms with E-state index in [4.69, 9.17) is 0 Å². The second-order valence-corrected chi connectivity index (χ2v) is 4.97. The monoisotopic (exact) mass is 243 g/mol. The molecule has 0 aliphatic carbocycles. The van der Waals surface area contributed by atoms with Crippen LogP contribution in [0.25, 0.3) is 0 Å². The molecule has 0 fully saturated rings. The van der Waals surface area contributed by atoms with Gasteiger partial charge in [-0.05, 0) is 33.5 Å². The zero-order chi connectivity index (χ0) is 10.1. The van der Waals surface area contributed by atoms with Gasteiger partial charge in [-0.1, -0.05) is 26.8 Å². The summed E-state index contributed by atoms with van der Waals surface area (Å²) in [4.78, 5) is 4.21. The van der Waals surface area contributed by atoms with Crippen LogP contribution in [0.4, 0.5) is 0 Å². The number of aromatic nitrogens is 1. The first-order chi connectivity index (χ1) is 5.91. The molecule has 0 spiro atoms. The van der Waals surface area contributed by atoms with Crippen LogP contribution in [-0.4, -0.2) is 10.1 Å². The molecule has 1 N–H and O–H groups in total. The van der Waals surface area contributed by atoms with Gasteiger partial charge in [0.25, 0.3) is 0 Å². The fourth-order valence-electron chi connectivity index (χ4n) is 1.02. The summed E-state index contributed by atoms with van der Waals surface area (Å²) in [5, 5.41) is 9.90. The fraction of sp³-hybridized carbons (Fsp3) is 0.500. The lowest BCUT2D eigenvalue weighted by Gasteiger charge is -2.25. The van der Waals surface area contributed by atoms with E-state index >= 15 is 0 Å². The van der Waals surface area contributed by atoms with E-state index < -0.39 is 6.10 Å². The van der Waals surface area contributed by atoms with Crippen molar-refractivity contribution in [2.24, 2.45) is 5.41 Å². The molecule has 1 aromatic rings. The van der Waals surface area contributed by atoms with Crippen LogP contribution in [0.1, 0.15) is 32.6 Å². The zero-order valence-electron chi connectivity index (χ0n) is 8.08. The largest absolute Gasteiger partial charge is 0.386 e. The van der Waals surface area contributed by atoms with Crippen molar-refractivity contribution in [2.75, 3.05) is 0 Å². The summed E-state index contributed by atoms with van der Waals surface area (Å²) in [5.74, 6) is 0. The molecule has 1 atom stereocenters. The first-order valence-corrected chi connectivity index (χ1v) is 5.01. The van der Waals surface area contributed by atoms with Crippen molar-refractivity contribution in [3.8, 4) is 0 Å². The van der Waals surface area contributed by atoms with E-state index in [9.17, 15) is 5.11 Å². The van der Waals surface area contributed by atoms with Gasteiger partial charge in [0, 0.05) is 0 Å². The molecule has 0 saturated heterocycles. The number of rotatable bonds is 1. The number of nitrogens with zero attached hydrogens (tertiary/aromatic N) is 1. The maximum atomic E-state index is 9.90. The van der Waals surface area contributed by atoms with Crippen molar-refractivity contribution in [3.63, 3.8) is 0 Å². The van der Waals surface area contributed by atoms with Crippen molar-refractivity contribution in [2.45, 2.75) is 26.9 Å². The lowest BCUT2D eigenvalue weighted by molar-refractivity contribution is 0.0588. The second-order valence-electron chi connectivity index (χ2n) is 4.15. The number of pyridine rings is 1. The maximum absolute atomic E-state index is 9.90. The molecule has 1 rings (SSSR count). The Hall–Kier alpha value is -0.410. The van der Waals surface area contributed by atoms with E-state index in [-0.39, 0.29) is 5.41 Å². The minimum Gasteiger partial charge on any atom is -0.386 e. The average molecular weight is 244 g/mol. The summed E-state index contributed by atoms with van der Waals surface area (Å²) in [6.45, 7) is 5.96. The third-order valence-corrected chi connectivity index (χ3v) is 2.28. The average Bonchev–Trinajstić information content (AvgIpc) is 2.01. The molecule has 1 aromatic heterocycles. The molecule has 1 heterocycles. The molecule has 0 aliphatic heterocycles. The van der Waals surface area contributed by atoms with E-state index in [2.05, 4.69) is 20.9 Å². The van der Waals surface area contributed by atoms with E-state index in [0.29, 0.717) is 5.69 Å². The van der Waals surface area contributed by atoms with Gasteiger partial charge in [0.1, 0.15) is 10.7 Å².